The van der Waals surface area contributed by atoms with Crippen LogP contribution in [0, 0.1) is 17.6 Å². The van der Waals surface area contributed by atoms with Crippen molar-refractivity contribution in [3.05, 3.63) is 100 Å². The van der Waals surface area contributed by atoms with Crippen molar-refractivity contribution in [3.63, 3.8) is 0 Å². The third-order valence-corrected chi connectivity index (χ3v) is 12.3. The zero-order chi connectivity index (χ0) is 41.7. The number of methoxy groups -OCH3 is 1. The molecular weight excluding hydrogens is 784 g/mol. The summed E-state index contributed by atoms with van der Waals surface area (Å²) in [5.74, 6) is -3.46. The number of ether oxygens (including phenoxy) is 2. The molecule has 1 saturated heterocycles. The van der Waals surface area contributed by atoms with Gasteiger partial charge in [0.1, 0.15) is 11.6 Å². The minimum Gasteiger partial charge on any atom is -0.494 e. The van der Waals surface area contributed by atoms with E-state index in [4.69, 9.17) is 26.8 Å². The monoisotopic (exact) mass is 825 g/mol. The Hall–Kier alpha value is -6.06. The lowest BCUT2D eigenvalue weighted by Crippen LogP contribution is -2.49. The molecule has 1 aromatic heterocycles. The normalized spacial score (nSPS) is 21.5. The minimum absolute atomic E-state index is 0.0164. The van der Waals surface area contributed by atoms with Crippen molar-refractivity contribution >= 4 is 57.8 Å². The zero-order valence-electron chi connectivity index (χ0n) is 32.5. The molecule has 0 bridgehead atoms. The summed E-state index contributed by atoms with van der Waals surface area (Å²) >= 11 is 6.65. The molecule has 2 fully saturated rings. The van der Waals surface area contributed by atoms with Gasteiger partial charge in [-0.1, -0.05) is 48.9 Å². The summed E-state index contributed by atoms with van der Waals surface area (Å²) in [5, 5.41) is 13.9. The van der Waals surface area contributed by atoms with Crippen LogP contribution in [-0.2, 0) is 22.2 Å². The van der Waals surface area contributed by atoms with E-state index in [1.165, 1.54) is 30.2 Å². The number of anilines is 2. The van der Waals surface area contributed by atoms with Crippen molar-refractivity contribution in [2.24, 2.45) is 18.7 Å². The van der Waals surface area contributed by atoms with Gasteiger partial charge in [0.05, 0.1) is 23.2 Å². The summed E-state index contributed by atoms with van der Waals surface area (Å²) in [7, 11) is 3.04. The number of hydrogen-bond donors (Lipinski definition) is 4. The van der Waals surface area contributed by atoms with Gasteiger partial charge >= 0.3 is 6.03 Å². The minimum atomic E-state index is -1.11. The first-order valence-corrected chi connectivity index (χ1v) is 19.7. The van der Waals surface area contributed by atoms with Crippen LogP contribution in [0.4, 0.5) is 25.1 Å². The number of benzene rings is 4. The number of imide groups is 1. The molecule has 5 N–H and O–H groups in total. The van der Waals surface area contributed by atoms with E-state index >= 15 is 8.78 Å². The van der Waals surface area contributed by atoms with E-state index < -0.39 is 35.1 Å². The first-order chi connectivity index (χ1) is 28.3. The molecule has 4 aromatic carbocycles. The van der Waals surface area contributed by atoms with E-state index in [9.17, 15) is 19.2 Å². The van der Waals surface area contributed by atoms with Gasteiger partial charge in [-0.2, -0.15) is 5.10 Å². The molecule has 0 spiro atoms. The fraction of sp³-hybridized carbons (Fsp3) is 0.326. The van der Waals surface area contributed by atoms with Gasteiger partial charge in [0, 0.05) is 78.3 Å². The van der Waals surface area contributed by atoms with Gasteiger partial charge in [0.2, 0.25) is 17.7 Å². The van der Waals surface area contributed by atoms with Crippen molar-refractivity contribution in [1.82, 2.24) is 20.4 Å². The number of amides is 5. The number of fused-ring (bicyclic) bond motifs is 2. The van der Waals surface area contributed by atoms with Crippen molar-refractivity contribution in [1.29, 1.82) is 0 Å². The highest BCUT2D eigenvalue weighted by Gasteiger charge is 2.50. The predicted molar refractivity (Wildman–Crippen MR) is 218 cm³/mol. The molecule has 1 aliphatic carbocycles. The van der Waals surface area contributed by atoms with Gasteiger partial charge in [-0.3, -0.25) is 29.3 Å². The van der Waals surface area contributed by atoms with Crippen LogP contribution in [0.2, 0.25) is 5.02 Å². The molecule has 5 aromatic rings. The van der Waals surface area contributed by atoms with Gasteiger partial charge in [0.15, 0.2) is 23.0 Å². The van der Waals surface area contributed by atoms with E-state index in [0.717, 1.165) is 5.56 Å². The van der Waals surface area contributed by atoms with E-state index in [2.05, 4.69) is 21.0 Å². The number of nitrogens with one attached hydrogen (secondary N) is 3. The van der Waals surface area contributed by atoms with Gasteiger partial charge in [0.25, 0.3) is 0 Å². The first-order valence-electron chi connectivity index (χ1n) is 19.4. The maximum absolute atomic E-state index is 16.1. The fourth-order valence-electron chi connectivity index (χ4n) is 8.76. The summed E-state index contributed by atoms with van der Waals surface area (Å²) in [4.78, 5) is 51.8. The number of carbonyl (C=O) groups is 4. The van der Waals surface area contributed by atoms with E-state index in [1.54, 1.807) is 23.9 Å². The Morgan fingerprint density at radius 1 is 1.05 bits per heavy atom. The summed E-state index contributed by atoms with van der Waals surface area (Å²) in [5.41, 5.74) is 6.65. The molecule has 2 aliphatic heterocycles. The van der Waals surface area contributed by atoms with Crippen LogP contribution in [0.3, 0.4) is 0 Å². The first kappa shape index (κ1) is 39.8. The van der Waals surface area contributed by atoms with Crippen LogP contribution < -0.4 is 36.1 Å². The Morgan fingerprint density at radius 3 is 2.49 bits per heavy atom. The number of rotatable bonds is 10. The van der Waals surface area contributed by atoms with Crippen molar-refractivity contribution < 1.29 is 37.4 Å². The average molecular weight is 826 g/mol. The number of halogens is 3. The highest BCUT2D eigenvalue weighted by atomic mass is 35.5. The molecule has 5 amide bonds. The largest absolute Gasteiger partial charge is 0.494 e. The number of primary amides is 1. The van der Waals surface area contributed by atoms with Crippen LogP contribution >= 0.6 is 11.6 Å². The molecule has 3 heterocycles. The van der Waals surface area contributed by atoms with E-state index in [1.807, 2.05) is 43.3 Å². The lowest BCUT2D eigenvalue weighted by molar-refractivity contribution is -0.121. The quantitative estimate of drug-likeness (QED) is 0.118. The Labute approximate surface area is 343 Å². The second kappa shape index (κ2) is 15.6. The van der Waals surface area contributed by atoms with E-state index in [0.29, 0.717) is 53.7 Å². The molecule has 13 nitrogen and oxygen atoms in total. The molecule has 306 valence electrons. The molecule has 2 unspecified atom stereocenters. The van der Waals surface area contributed by atoms with Crippen LogP contribution in [0.25, 0.3) is 22.0 Å². The summed E-state index contributed by atoms with van der Waals surface area (Å²) < 4.78 is 45.4. The van der Waals surface area contributed by atoms with Gasteiger partial charge in [-0.05, 0) is 61.6 Å². The molecule has 1 saturated carbocycles. The smallest absolute Gasteiger partial charge is 0.329 e. The standard InChI is InChI=1S/C43H42ClF2N7O6/c1-22-34-32(20-29(45)37(44)36(34)35-28(39(47)55)15-16-31(58-3)38(35)46)59-43(22,24-7-5-4-6-8-24)21-48-25-11-9-23(10-12-25)41(56)49-26-13-14-27-30(19-26)52(2)51-40(27)53-18-17-33(54)50-42(53)57/h4-8,13-16,19-20,22-23,25,48H,9-12,17-18,21H2,1-3H3,(H2,47,55)(H,49,56)(H,50,54,57). The lowest BCUT2D eigenvalue weighted by atomic mass is 9.77. The summed E-state index contributed by atoms with van der Waals surface area (Å²) in [6.07, 6.45) is 2.80. The maximum atomic E-state index is 16.1. The number of aromatic nitrogens is 2. The van der Waals surface area contributed by atoms with Crippen molar-refractivity contribution in [2.45, 2.75) is 56.6 Å². The molecule has 59 heavy (non-hydrogen) atoms. The zero-order valence-corrected chi connectivity index (χ0v) is 33.3. The van der Waals surface area contributed by atoms with Crippen LogP contribution in [0.5, 0.6) is 11.5 Å². The Morgan fingerprint density at radius 2 is 1.80 bits per heavy atom. The molecule has 0 radical (unpaired) electrons. The number of carbonyl (C=O) groups excluding carboxylic acids is 4. The lowest BCUT2D eigenvalue weighted by Gasteiger charge is -2.37. The third-order valence-electron chi connectivity index (χ3n) is 11.9. The fourth-order valence-corrected chi connectivity index (χ4v) is 9.01. The Kier molecular flexibility index (Phi) is 10.5. The Balaban J connectivity index is 0.992. The van der Waals surface area contributed by atoms with Crippen LogP contribution in [-0.4, -0.2) is 59.8 Å². The molecule has 3 aliphatic rings. The number of hydrogen-bond acceptors (Lipinski definition) is 8. The molecule has 8 rings (SSSR count). The Bertz CT molecular complexity index is 2530. The number of nitrogens with zero attached hydrogens (tertiary/aromatic N) is 3. The number of nitrogens with two attached hydrogens (primary N) is 1. The second-order valence-corrected chi connectivity index (χ2v) is 15.6. The predicted octanol–water partition coefficient (Wildman–Crippen LogP) is 6.90. The van der Waals surface area contributed by atoms with Gasteiger partial charge < -0.3 is 25.8 Å². The molecular formula is C43H42ClF2N7O6. The topological polar surface area (TPSA) is 170 Å². The number of aryl methyl sites for hydroxylation is 1. The van der Waals surface area contributed by atoms with Crippen LogP contribution in [0.1, 0.15) is 66.4 Å². The van der Waals surface area contributed by atoms with Crippen molar-refractivity contribution in [3.8, 4) is 22.6 Å². The highest BCUT2D eigenvalue weighted by Crippen LogP contribution is 2.56. The number of urea groups is 1. The maximum Gasteiger partial charge on any atom is 0.329 e. The second-order valence-electron chi connectivity index (χ2n) is 15.3. The average Bonchev–Trinajstić information content (AvgIpc) is 3.70. The molecule has 2 atom stereocenters. The van der Waals surface area contributed by atoms with Crippen molar-refractivity contribution in [2.75, 3.05) is 30.4 Å². The molecule has 16 heteroatoms. The summed E-state index contributed by atoms with van der Waals surface area (Å²) in [6.45, 7) is 2.40. The third kappa shape index (κ3) is 7.01. The summed E-state index contributed by atoms with van der Waals surface area (Å²) in [6, 6.07) is 18.2. The SMILES string of the molecule is COc1ccc(C(N)=O)c(-c2c(Cl)c(F)cc3c2C(C)C(CNC2CCC(C(=O)Nc4ccc5c(N6CCC(=O)NC6=O)nn(C)c5c4)CC2)(c2ccccc2)O3)c1F. The van der Waals surface area contributed by atoms with E-state index in [-0.39, 0.29) is 76.5 Å². The van der Waals surface area contributed by atoms with Gasteiger partial charge in [-0.15, -0.1) is 0 Å². The van der Waals surface area contributed by atoms with Gasteiger partial charge in [-0.25, -0.2) is 13.6 Å². The van der Waals surface area contributed by atoms with Crippen LogP contribution in [0.15, 0.2) is 66.7 Å². The highest BCUT2D eigenvalue weighted by molar-refractivity contribution is 6.34.